The lowest BCUT2D eigenvalue weighted by Gasteiger charge is -2.09. The van der Waals surface area contributed by atoms with E-state index >= 15 is 0 Å². The van der Waals surface area contributed by atoms with Gasteiger partial charge >= 0.3 is 6.18 Å². The molecule has 28 heavy (non-hydrogen) atoms. The number of carbonyl (C=O) groups excluding carboxylic acids is 1. The number of benzene rings is 1. The molecule has 3 N–H and O–H groups in total. The van der Waals surface area contributed by atoms with Gasteiger partial charge in [0, 0.05) is 16.5 Å². The highest BCUT2D eigenvalue weighted by atomic mass is 32.1. The predicted molar refractivity (Wildman–Crippen MR) is 103 cm³/mol. The Labute approximate surface area is 161 Å². The van der Waals surface area contributed by atoms with E-state index in [1.807, 2.05) is 24.3 Å². The van der Waals surface area contributed by atoms with Crippen molar-refractivity contribution in [2.75, 3.05) is 11.1 Å². The van der Waals surface area contributed by atoms with Crippen molar-refractivity contribution in [3.63, 3.8) is 0 Å². The zero-order valence-corrected chi connectivity index (χ0v) is 15.3. The molecule has 0 saturated heterocycles. The molecular weight excluding hydrogens is 389 g/mol. The fourth-order valence-electron chi connectivity index (χ4n) is 2.96. The summed E-state index contributed by atoms with van der Waals surface area (Å²) >= 11 is 0.831. The zero-order chi connectivity index (χ0) is 20.1. The second-order valence-electron chi connectivity index (χ2n) is 6.20. The molecular formula is C19H13F3N4OS. The topological polar surface area (TPSA) is 80.9 Å². The fraction of sp³-hybridized carbons (Fsp3) is 0.105. The van der Waals surface area contributed by atoms with E-state index in [0.29, 0.717) is 5.69 Å². The monoisotopic (exact) mass is 402 g/mol. The number of hydrogen-bond acceptors (Lipinski definition) is 5. The molecule has 0 aliphatic heterocycles. The number of nitrogens with two attached hydrogens (primary N) is 1. The summed E-state index contributed by atoms with van der Waals surface area (Å²) in [6.07, 6.45) is -3.12. The van der Waals surface area contributed by atoms with E-state index in [4.69, 9.17) is 5.73 Å². The van der Waals surface area contributed by atoms with Crippen molar-refractivity contribution in [1.82, 2.24) is 9.97 Å². The standard InChI is InChI=1S/C19H13F3N4OS/c1-9-6-12(19(20,21)22)14-15(23)16(28-18(14)25-9)17(27)26-11-7-10-4-2-3-5-13(10)24-8-11/h2-8H,23H2,1H3,(H,26,27). The molecule has 0 spiro atoms. The van der Waals surface area contributed by atoms with E-state index in [2.05, 4.69) is 15.3 Å². The molecule has 0 unspecified atom stereocenters. The van der Waals surface area contributed by atoms with Crippen LogP contribution in [0.5, 0.6) is 0 Å². The molecule has 1 amide bonds. The number of amides is 1. The summed E-state index contributed by atoms with van der Waals surface area (Å²) in [5, 5.41) is 3.22. The molecule has 0 atom stereocenters. The highest BCUT2D eigenvalue weighted by Crippen LogP contribution is 2.42. The predicted octanol–water partition coefficient (Wildman–Crippen LogP) is 5.01. The number of rotatable bonds is 2. The Morgan fingerprint density at radius 1 is 1.21 bits per heavy atom. The number of carbonyl (C=O) groups is 1. The minimum absolute atomic E-state index is 0.0215. The molecule has 0 saturated carbocycles. The lowest BCUT2D eigenvalue weighted by atomic mass is 10.1. The number of aromatic nitrogens is 2. The number of fused-ring (bicyclic) bond motifs is 2. The van der Waals surface area contributed by atoms with Crippen molar-refractivity contribution in [1.29, 1.82) is 0 Å². The molecule has 3 aromatic heterocycles. The Hall–Kier alpha value is -3.20. The molecule has 1 aromatic carbocycles. The first-order chi connectivity index (χ1) is 13.2. The maximum atomic E-state index is 13.4. The molecule has 0 aliphatic rings. The van der Waals surface area contributed by atoms with Crippen molar-refractivity contribution in [3.05, 3.63) is 58.7 Å². The summed E-state index contributed by atoms with van der Waals surface area (Å²) in [5.41, 5.74) is 6.18. The SMILES string of the molecule is Cc1cc(C(F)(F)F)c2c(N)c(C(=O)Nc3cnc4ccccc4c3)sc2n1. The molecule has 5 nitrogen and oxygen atoms in total. The third-order valence-electron chi connectivity index (χ3n) is 4.19. The Morgan fingerprint density at radius 2 is 1.96 bits per heavy atom. The summed E-state index contributed by atoms with van der Waals surface area (Å²) in [5.74, 6) is -0.608. The third kappa shape index (κ3) is 3.13. The summed E-state index contributed by atoms with van der Waals surface area (Å²) < 4.78 is 40.2. The van der Waals surface area contributed by atoms with Gasteiger partial charge in [0.2, 0.25) is 0 Å². The van der Waals surface area contributed by atoms with E-state index in [1.165, 1.54) is 13.1 Å². The number of para-hydroxylation sites is 1. The Morgan fingerprint density at radius 3 is 2.71 bits per heavy atom. The molecule has 0 bridgehead atoms. The third-order valence-corrected chi connectivity index (χ3v) is 5.29. The van der Waals surface area contributed by atoms with Gasteiger partial charge in [0.05, 0.1) is 28.7 Å². The molecule has 0 fully saturated rings. The lowest BCUT2D eigenvalue weighted by Crippen LogP contribution is -2.12. The van der Waals surface area contributed by atoms with Crippen molar-refractivity contribution in [2.45, 2.75) is 13.1 Å². The van der Waals surface area contributed by atoms with Crippen LogP contribution >= 0.6 is 11.3 Å². The van der Waals surface area contributed by atoms with Crippen LogP contribution in [0.3, 0.4) is 0 Å². The van der Waals surface area contributed by atoms with Gasteiger partial charge in [-0.3, -0.25) is 9.78 Å². The Bertz CT molecular complexity index is 1230. The number of alkyl halides is 3. The van der Waals surface area contributed by atoms with Crippen LogP contribution in [-0.4, -0.2) is 15.9 Å². The smallest absolute Gasteiger partial charge is 0.397 e. The highest BCUT2D eigenvalue weighted by molar-refractivity contribution is 7.21. The molecule has 0 aliphatic carbocycles. The number of anilines is 2. The van der Waals surface area contributed by atoms with Gasteiger partial charge in [-0.15, -0.1) is 11.3 Å². The van der Waals surface area contributed by atoms with Gasteiger partial charge in [-0.05, 0) is 25.1 Å². The minimum Gasteiger partial charge on any atom is -0.397 e. The van der Waals surface area contributed by atoms with Gasteiger partial charge in [-0.2, -0.15) is 13.2 Å². The van der Waals surface area contributed by atoms with Gasteiger partial charge in [0.15, 0.2) is 0 Å². The van der Waals surface area contributed by atoms with Crippen molar-refractivity contribution < 1.29 is 18.0 Å². The number of nitrogen functional groups attached to an aromatic ring is 1. The van der Waals surface area contributed by atoms with Crippen LogP contribution in [-0.2, 0) is 6.18 Å². The first kappa shape index (κ1) is 18.2. The second kappa shape index (κ2) is 6.45. The molecule has 0 radical (unpaired) electrons. The van der Waals surface area contributed by atoms with Gasteiger partial charge in [-0.1, -0.05) is 18.2 Å². The Kier molecular flexibility index (Phi) is 4.19. The van der Waals surface area contributed by atoms with Crippen LogP contribution in [0, 0.1) is 6.92 Å². The summed E-state index contributed by atoms with van der Waals surface area (Å²) in [7, 11) is 0. The maximum Gasteiger partial charge on any atom is 0.417 e. The largest absolute Gasteiger partial charge is 0.417 e. The fourth-order valence-corrected chi connectivity index (χ4v) is 4.02. The van der Waals surface area contributed by atoms with Gasteiger partial charge in [-0.25, -0.2) is 4.98 Å². The number of aryl methyl sites for hydroxylation is 1. The first-order valence-corrected chi connectivity index (χ1v) is 8.98. The molecule has 4 rings (SSSR count). The summed E-state index contributed by atoms with van der Waals surface area (Å²) in [6, 6.07) is 10.0. The van der Waals surface area contributed by atoms with Crippen LogP contribution in [0.25, 0.3) is 21.1 Å². The highest BCUT2D eigenvalue weighted by Gasteiger charge is 2.35. The number of halogens is 3. The first-order valence-electron chi connectivity index (χ1n) is 8.17. The van der Waals surface area contributed by atoms with Gasteiger partial charge in [0.1, 0.15) is 9.71 Å². The maximum absolute atomic E-state index is 13.4. The Balaban J connectivity index is 1.75. The molecule has 3 heterocycles. The summed E-state index contributed by atoms with van der Waals surface area (Å²) in [6.45, 7) is 1.46. The van der Waals surface area contributed by atoms with Gasteiger partial charge in [0.25, 0.3) is 5.91 Å². The molecule has 9 heteroatoms. The van der Waals surface area contributed by atoms with Gasteiger partial charge < -0.3 is 11.1 Å². The van der Waals surface area contributed by atoms with Crippen molar-refractivity contribution in [2.24, 2.45) is 0 Å². The summed E-state index contributed by atoms with van der Waals surface area (Å²) in [4.78, 5) is 21.1. The molecule has 4 aromatic rings. The number of pyridine rings is 2. The number of nitrogens with zero attached hydrogens (tertiary/aromatic N) is 2. The quantitative estimate of drug-likeness (QED) is 0.494. The van der Waals surface area contributed by atoms with E-state index in [9.17, 15) is 18.0 Å². The molecule has 142 valence electrons. The van der Waals surface area contributed by atoms with Crippen molar-refractivity contribution >= 4 is 49.7 Å². The van der Waals surface area contributed by atoms with Crippen LogP contribution in [0.2, 0.25) is 0 Å². The average Bonchev–Trinajstić information content (AvgIpc) is 2.96. The van der Waals surface area contributed by atoms with E-state index in [1.54, 1.807) is 6.07 Å². The number of nitrogens with one attached hydrogen (secondary N) is 1. The van der Waals surface area contributed by atoms with E-state index in [-0.39, 0.29) is 26.5 Å². The lowest BCUT2D eigenvalue weighted by molar-refractivity contribution is -0.136. The number of hydrogen-bond donors (Lipinski definition) is 2. The van der Waals surface area contributed by atoms with Crippen LogP contribution in [0.4, 0.5) is 24.5 Å². The van der Waals surface area contributed by atoms with Crippen LogP contribution < -0.4 is 11.1 Å². The average molecular weight is 402 g/mol. The zero-order valence-electron chi connectivity index (χ0n) is 14.5. The van der Waals surface area contributed by atoms with E-state index in [0.717, 1.165) is 28.3 Å². The van der Waals surface area contributed by atoms with Crippen LogP contribution in [0.15, 0.2) is 42.6 Å². The van der Waals surface area contributed by atoms with Crippen LogP contribution in [0.1, 0.15) is 20.9 Å². The van der Waals surface area contributed by atoms with Crippen molar-refractivity contribution in [3.8, 4) is 0 Å². The second-order valence-corrected chi connectivity index (χ2v) is 7.20. The normalized spacial score (nSPS) is 11.9. The van der Waals surface area contributed by atoms with E-state index < -0.39 is 17.6 Å². The number of thiophene rings is 1. The minimum atomic E-state index is -4.60.